The largest absolute Gasteiger partial charge is 0.513 e. The van der Waals surface area contributed by atoms with Crippen LogP contribution in [0.15, 0.2) is 22.5 Å². The summed E-state index contributed by atoms with van der Waals surface area (Å²) < 4.78 is 6.50. The molecule has 134 valence electrons. The second-order valence-electron chi connectivity index (χ2n) is 8.09. The monoisotopic (exact) mass is 350 g/mol. The number of aliphatic hydroxyl groups is 1. The van der Waals surface area contributed by atoms with Crippen molar-refractivity contribution in [1.29, 1.82) is 0 Å². The van der Waals surface area contributed by atoms with E-state index in [0.29, 0.717) is 36.2 Å². The van der Waals surface area contributed by atoms with Crippen molar-refractivity contribution in [2.24, 2.45) is 23.7 Å². The lowest BCUT2D eigenvalue weighted by atomic mass is 9.79. The van der Waals surface area contributed by atoms with E-state index < -0.39 is 0 Å². The maximum atomic E-state index is 12.9. The Morgan fingerprint density at radius 2 is 1.88 bits per heavy atom. The van der Waals surface area contributed by atoms with Gasteiger partial charge in [0.2, 0.25) is 0 Å². The lowest BCUT2D eigenvalue weighted by Gasteiger charge is -2.36. The Labute approximate surface area is 149 Å². The molecule has 0 bridgehead atoms. The summed E-state index contributed by atoms with van der Waals surface area (Å²) in [7, 11) is 0. The fraction of sp³-hybridized carbons (Fsp3) is 0.750. The van der Waals surface area contributed by atoms with Crippen LogP contribution in [0.25, 0.3) is 0 Å². The van der Waals surface area contributed by atoms with Crippen LogP contribution in [0, 0.1) is 23.7 Å². The van der Waals surface area contributed by atoms with Crippen molar-refractivity contribution in [3.05, 3.63) is 22.5 Å². The fourth-order valence-electron chi connectivity index (χ4n) is 4.29. The van der Waals surface area contributed by atoms with Crippen LogP contribution in [-0.2, 0) is 9.53 Å². The Kier molecular flexibility index (Phi) is 5.06. The lowest BCUT2D eigenvalue weighted by molar-refractivity contribution is -0.128. The van der Waals surface area contributed by atoms with Gasteiger partial charge in [-0.3, -0.25) is 4.79 Å². The second kappa shape index (κ2) is 6.78. The Morgan fingerprint density at radius 1 is 1.21 bits per heavy atom. The molecule has 0 saturated carbocycles. The van der Waals surface area contributed by atoms with Crippen LogP contribution in [0.2, 0.25) is 0 Å². The van der Waals surface area contributed by atoms with Crippen LogP contribution in [-0.4, -0.2) is 15.8 Å². The van der Waals surface area contributed by atoms with Crippen LogP contribution in [0.3, 0.4) is 0 Å². The summed E-state index contributed by atoms with van der Waals surface area (Å²) in [6.45, 7) is 8.92. The molecule has 3 aliphatic rings. The van der Waals surface area contributed by atoms with Crippen LogP contribution in [0.5, 0.6) is 0 Å². The van der Waals surface area contributed by atoms with Gasteiger partial charge in [-0.25, -0.2) is 0 Å². The summed E-state index contributed by atoms with van der Waals surface area (Å²) in [6.07, 6.45) is 6.66. The van der Waals surface area contributed by atoms with E-state index in [4.69, 9.17) is 4.74 Å². The number of thioether (sulfide) groups is 1. The van der Waals surface area contributed by atoms with Gasteiger partial charge in [-0.15, -0.1) is 0 Å². The normalized spacial score (nSPS) is 29.5. The third kappa shape index (κ3) is 3.14. The summed E-state index contributed by atoms with van der Waals surface area (Å²) >= 11 is 1.91. The van der Waals surface area contributed by atoms with E-state index in [1.54, 1.807) is 0 Å². The van der Waals surface area contributed by atoms with Crippen molar-refractivity contribution in [3.63, 3.8) is 0 Å². The molecule has 0 aromatic carbocycles. The summed E-state index contributed by atoms with van der Waals surface area (Å²) in [6, 6.07) is 0. The van der Waals surface area contributed by atoms with Crippen molar-refractivity contribution in [3.8, 4) is 0 Å². The molecular weight excluding hydrogens is 320 g/mol. The first-order chi connectivity index (χ1) is 11.3. The number of hydrogen-bond acceptors (Lipinski definition) is 4. The van der Waals surface area contributed by atoms with Gasteiger partial charge >= 0.3 is 0 Å². The van der Waals surface area contributed by atoms with Gasteiger partial charge in [0.05, 0.1) is 5.76 Å². The van der Waals surface area contributed by atoms with E-state index in [1.807, 2.05) is 17.8 Å². The first-order valence-corrected chi connectivity index (χ1v) is 10.2. The van der Waals surface area contributed by atoms with Crippen LogP contribution in [0.1, 0.15) is 66.2 Å². The molecule has 1 N–H and O–H groups in total. The number of ketones is 1. The molecular formula is C20H30O3S. The van der Waals surface area contributed by atoms with Gasteiger partial charge in [-0.2, -0.15) is 0 Å². The highest BCUT2D eigenvalue weighted by Crippen LogP contribution is 2.56. The van der Waals surface area contributed by atoms with Crippen molar-refractivity contribution >= 4 is 17.5 Å². The second-order valence-corrected chi connectivity index (χ2v) is 9.43. The van der Waals surface area contributed by atoms with E-state index in [1.165, 1.54) is 4.91 Å². The number of Topliss-reactive ketones (excluding diaryl/α,β-unsaturated/α-hetero) is 1. The lowest BCUT2D eigenvalue weighted by Crippen LogP contribution is -2.37. The molecule has 0 saturated heterocycles. The molecule has 1 aliphatic heterocycles. The van der Waals surface area contributed by atoms with Gasteiger partial charge in [0.25, 0.3) is 0 Å². The van der Waals surface area contributed by atoms with Gasteiger partial charge in [0.1, 0.15) is 11.5 Å². The number of rotatable bonds is 4. The highest BCUT2D eigenvalue weighted by Gasteiger charge is 2.48. The summed E-state index contributed by atoms with van der Waals surface area (Å²) in [5, 5.41) is 9.52. The first kappa shape index (κ1) is 17.9. The number of ether oxygens (including phenoxy) is 1. The minimum atomic E-state index is -0.165. The molecule has 0 spiro atoms. The van der Waals surface area contributed by atoms with Gasteiger partial charge in [0.15, 0.2) is 4.93 Å². The standard InChI is InChI=1S/C20H30O3S/c1-12(2)20(13(3)4)23-17-11-15(7-10-18(17)24-20)19(22)14-5-8-16(21)9-6-14/h8,12-15,21H,5-7,9-11H2,1-4H3. The molecule has 3 rings (SSSR count). The minimum Gasteiger partial charge on any atom is -0.513 e. The Hall–Kier alpha value is -0.900. The summed E-state index contributed by atoms with van der Waals surface area (Å²) in [4.78, 5) is 14.1. The van der Waals surface area contributed by atoms with Gasteiger partial charge in [0, 0.05) is 41.4 Å². The SMILES string of the molecule is CC(C)C1(C(C)C)OC2=C(CCC(C(=O)C3CC=C(O)CC3)C2)S1. The third-order valence-corrected chi connectivity index (χ3v) is 7.85. The predicted octanol–water partition coefficient (Wildman–Crippen LogP) is 5.58. The molecule has 0 amide bonds. The average Bonchev–Trinajstić information content (AvgIpc) is 2.95. The molecule has 24 heavy (non-hydrogen) atoms. The minimum absolute atomic E-state index is 0.0852. The Morgan fingerprint density at radius 3 is 2.46 bits per heavy atom. The van der Waals surface area contributed by atoms with Crippen LogP contribution >= 0.6 is 11.8 Å². The maximum absolute atomic E-state index is 12.9. The molecule has 2 atom stereocenters. The number of carbonyl (C=O) groups is 1. The molecule has 0 aromatic heterocycles. The summed E-state index contributed by atoms with van der Waals surface area (Å²) in [5.74, 6) is 2.97. The average molecular weight is 351 g/mol. The van der Waals surface area contributed by atoms with E-state index >= 15 is 0 Å². The number of allylic oxidation sites excluding steroid dienone is 4. The number of aliphatic hydroxyl groups excluding tert-OH is 1. The van der Waals surface area contributed by atoms with E-state index in [2.05, 4.69) is 27.7 Å². The highest BCUT2D eigenvalue weighted by molar-refractivity contribution is 8.04. The molecule has 2 aliphatic carbocycles. The van der Waals surface area contributed by atoms with Crippen LogP contribution in [0.4, 0.5) is 0 Å². The van der Waals surface area contributed by atoms with Crippen LogP contribution < -0.4 is 0 Å². The topological polar surface area (TPSA) is 46.5 Å². The zero-order chi connectivity index (χ0) is 17.5. The zero-order valence-corrected chi connectivity index (χ0v) is 16.1. The summed E-state index contributed by atoms with van der Waals surface area (Å²) in [5.41, 5.74) is 0. The highest BCUT2D eigenvalue weighted by atomic mass is 32.2. The first-order valence-electron chi connectivity index (χ1n) is 9.35. The molecule has 1 heterocycles. The molecule has 2 unspecified atom stereocenters. The molecule has 3 nitrogen and oxygen atoms in total. The third-order valence-electron chi connectivity index (χ3n) is 5.83. The Bertz CT molecular complexity index is 565. The molecule has 0 aromatic rings. The van der Waals surface area contributed by atoms with E-state index in [-0.39, 0.29) is 16.8 Å². The van der Waals surface area contributed by atoms with Crippen molar-refractivity contribution in [2.45, 2.75) is 71.2 Å². The van der Waals surface area contributed by atoms with Gasteiger partial charge in [-0.05, 0) is 31.8 Å². The van der Waals surface area contributed by atoms with Crippen molar-refractivity contribution in [2.75, 3.05) is 0 Å². The van der Waals surface area contributed by atoms with Crippen molar-refractivity contribution in [1.82, 2.24) is 0 Å². The fourth-order valence-corrected chi connectivity index (χ4v) is 5.75. The van der Waals surface area contributed by atoms with Gasteiger partial charge in [-0.1, -0.05) is 39.5 Å². The number of hydrogen-bond donors (Lipinski definition) is 1. The zero-order valence-electron chi connectivity index (χ0n) is 15.3. The van der Waals surface area contributed by atoms with Gasteiger partial charge < -0.3 is 9.84 Å². The molecule has 0 fully saturated rings. The molecule has 0 radical (unpaired) electrons. The van der Waals surface area contributed by atoms with Crippen molar-refractivity contribution < 1.29 is 14.6 Å². The predicted molar refractivity (Wildman–Crippen MR) is 98.5 cm³/mol. The van der Waals surface area contributed by atoms with E-state index in [0.717, 1.165) is 31.4 Å². The smallest absolute Gasteiger partial charge is 0.162 e. The Balaban J connectivity index is 1.68. The number of carbonyl (C=O) groups excluding carboxylic acids is 1. The maximum Gasteiger partial charge on any atom is 0.162 e. The van der Waals surface area contributed by atoms with E-state index in [9.17, 15) is 9.90 Å². The molecule has 4 heteroatoms. The quantitative estimate of drug-likeness (QED) is 0.719.